The van der Waals surface area contributed by atoms with E-state index in [-0.39, 0.29) is 12.2 Å². The van der Waals surface area contributed by atoms with Crippen molar-refractivity contribution in [3.63, 3.8) is 0 Å². The van der Waals surface area contributed by atoms with Crippen molar-refractivity contribution in [2.75, 3.05) is 6.61 Å². The minimum absolute atomic E-state index is 0.0887. The van der Waals surface area contributed by atoms with Gasteiger partial charge in [0.05, 0.1) is 17.7 Å². The summed E-state index contributed by atoms with van der Waals surface area (Å²) in [7, 11) is 0. The van der Waals surface area contributed by atoms with E-state index < -0.39 is 5.97 Å². The fraction of sp³-hybridized carbons (Fsp3) is 0.278. The number of benzene rings is 1. The molecule has 2 heterocycles. The van der Waals surface area contributed by atoms with Crippen LogP contribution in [0.15, 0.2) is 40.5 Å². The number of nitrogens with zero attached hydrogens (tertiary/aromatic N) is 1. The van der Waals surface area contributed by atoms with Gasteiger partial charge in [0.1, 0.15) is 22.9 Å². The van der Waals surface area contributed by atoms with Gasteiger partial charge in [-0.15, -0.1) is 11.3 Å². The highest BCUT2D eigenvalue weighted by molar-refractivity contribution is 7.17. The van der Waals surface area contributed by atoms with Gasteiger partial charge >= 0.3 is 5.97 Å². The molecule has 25 heavy (non-hydrogen) atoms. The third kappa shape index (κ3) is 4.24. The number of hydrogen-bond donors (Lipinski definition) is 1. The van der Waals surface area contributed by atoms with Crippen LogP contribution in [0.5, 0.6) is 5.75 Å². The van der Waals surface area contributed by atoms with Crippen LogP contribution < -0.4 is 10.3 Å². The first-order chi connectivity index (χ1) is 12.2. The second kappa shape index (κ2) is 7.94. The summed E-state index contributed by atoms with van der Waals surface area (Å²) in [5.41, 5.74) is 0.801. The molecule has 0 aliphatic rings. The predicted octanol–water partition coefficient (Wildman–Crippen LogP) is 3.52. The van der Waals surface area contributed by atoms with Crippen molar-refractivity contribution in [3.8, 4) is 5.75 Å². The van der Waals surface area contributed by atoms with Crippen LogP contribution in [0.2, 0.25) is 0 Å². The number of thiophene rings is 1. The summed E-state index contributed by atoms with van der Waals surface area (Å²) in [6, 6.07) is 8.55. The van der Waals surface area contributed by atoms with Crippen molar-refractivity contribution in [3.05, 3.63) is 57.5 Å². The molecule has 0 aliphatic carbocycles. The molecule has 0 spiro atoms. The summed E-state index contributed by atoms with van der Waals surface area (Å²) in [6.45, 7) is 2.67. The molecule has 0 saturated carbocycles. The highest BCUT2D eigenvalue weighted by Gasteiger charge is 2.10. The van der Waals surface area contributed by atoms with Gasteiger partial charge in [-0.1, -0.05) is 13.3 Å². The first kappa shape index (κ1) is 17.2. The smallest absolute Gasteiger partial charge is 0.338 e. The summed E-state index contributed by atoms with van der Waals surface area (Å²) in [5.74, 6) is 0.566. The molecule has 0 unspecified atom stereocenters. The number of carbonyl (C=O) groups is 1. The molecule has 1 aromatic carbocycles. The fourth-order valence-electron chi connectivity index (χ4n) is 2.23. The van der Waals surface area contributed by atoms with Crippen LogP contribution >= 0.6 is 11.3 Å². The van der Waals surface area contributed by atoms with Crippen LogP contribution in [0, 0.1) is 0 Å². The lowest BCUT2D eigenvalue weighted by molar-refractivity contribution is 0.0462. The van der Waals surface area contributed by atoms with Gasteiger partial charge in [-0.05, 0) is 42.1 Å². The Morgan fingerprint density at radius 3 is 2.80 bits per heavy atom. The van der Waals surface area contributed by atoms with Crippen molar-refractivity contribution in [1.82, 2.24) is 9.97 Å². The summed E-state index contributed by atoms with van der Waals surface area (Å²) in [4.78, 5) is 30.9. The van der Waals surface area contributed by atoms with Gasteiger partial charge in [0.2, 0.25) is 0 Å². The van der Waals surface area contributed by atoms with Gasteiger partial charge in [0.15, 0.2) is 0 Å². The summed E-state index contributed by atoms with van der Waals surface area (Å²) in [6.07, 6.45) is 2.06. The number of aromatic amines is 1. The number of unbranched alkanes of at least 4 members (excludes halogenated alkanes) is 1. The molecule has 0 radical (unpaired) electrons. The largest absolute Gasteiger partial charge is 0.494 e. The van der Waals surface area contributed by atoms with Crippen LogP contribution in [0.3, 0.4) is 0 Å². The average molecular weight is 358 g/mol. The van der Waals surface area contributed by atoms with Gasteiger partial charge in [-0.25, -0.2) is 9.78 Å². The maximum atomic E-state index is 12.1. The van der Waals surface area contributed by atoms with Crippen LogP contribution in [0.25, 0.3) is 10.2 Å². The molecule has 0 bridgehead atoms. The number of fused-ring (bicyclic) bond motifs is 1. The van der Waals surface area contributed by atoms with Crippen LogP contribution in [-0.2, 0) is 11.3 Å². The first-order valence-electron chi connectivity index (χ1n) is 8.03. The van der Waals surface area contributed by atoms with Gasteiger partial charge < -0.3 is 14.5 Å². The van der Waals surface area contributed by atoms with Gasteiger partial charge in [-0.3, -0.25) is 4.79 Å². The third-order valence-electron chi connectivity index (χ3n) is 3.56. The zero-order valence-electron chi connectivity index (χ0n) is 13.8. The lowest BCUT2D eigenvalue weighted by Crippen LogP contribution is -2.13. The molecular weight excluding hydrogens is 340 g/mol. The second-order valence-electron chi connectivity index (χ2n) is 5.45. The maximum absolute atomic E-state index is 12.1. The van der Waals surface area contributed by atoms with E-state index >= 15 is 0 Å². The minimum atomic E-state index is -0.479. The quantitative estimate of drug-likeness (QED) is 0.516. The zero-order chi connectivity index (χ0) is 17.6. The molecule has 6 nitrogen and oxygen atoms in total. The number of carbonyl (C=O) groups excluding carboxylic acids is 1. The molecule has 0 atom stereocenters. The molecule has 2 aromatic heterocycles. The first-order valence-corrected chi connectivity index (χ1v) is 8.91. The number of hydrogen-bond acceptors (Lipinski definition) is 6. The molecule has 1 N–H and O–H groups in total. The fourth-order valence-corrected chi connectivity index (χ4v) is 2.95. The van der Waals surface area contributed by atoms with Crippen LogP contribution in [0.1, 0.15) is 35.9 Å². The second-order valence-corrected chi connectivity index (χ2v) is 6.37. The standard InChI is InChI=1S/C18H18N2O4S/c1-2-3-9-23-13-6-4-12(5-7-13)18(22)24-11-15-19-14-8-10-25-16(14)17(21)20-15/h4-8,10H,2-3,9,11H2,1H3,(H,19,20,21). The monoisotopic (exact) mass is 358 g/mol. The average Bonchev–Trinajstić information content (AvgIpc) is 3.10. The molecule has 130 valence electrons. The van der Waals surface area contributed by atoms with Gasteiger partial charge in [0.25, 0.3) is 5.56 Å². The number of esters is 1. The SMILES string of the molecule is CCCCOc1ccc(C(=O)OCc2nc3ccsc3c(=O)[nH]2)cc1. The number of H-pyrrole nitrogens is 1. The normalized spacial score (nSPS) is 10.8. The minimum Gasteiger partial charge on any atom is -0.494 e. The highest BCUT2D eigenvalue weighted by atomic mass is 32.1. The van der Waals surface area contributed by atoms with E-state index in [1.54, 1.807) is 35.7 Å². The van der Waals surface area contributed by atoms with Crippen molar-refractivity contribution >= 4 is 27.5 Å². The summed E-state index contributed by atoms with van der Waals surface area (Å²) >= 11 is 1.33. The molecule has 3 aromatic rings. The predicted molar refractivity (Wildman–Crippen MR) is 96.2 cm³/mol. The Morgan fingerprint density at radius 1 is 1.24 bits per heavy atom. The number of nitrogens with one attached hydrogen (secondary N) is 1. The molecular formula is C18H18N2O4S. The van der Waals surface area contributed by atoms with E-state index in [2.05, 4.69) is 16.9 Å². The Hall–Kier alpha value is -2.67. The molecule has 0 aliphatic heterocycles. The number of aromatic nitrogens is 2. The molecule has 0 amide bonds. The Balaban J connectivity index is 1.60. The molecule has 7 heteroatoms. The van der Waals surface area contributed by atoms with E-state index in [1.807, 2.05) is 0 Å². The highest BCUT2D eigenvalue weighted by Crippen LogP contribution is 2.15. The van der Waals surface area contributed by atoms with Crippen molar-refractivity contribution < 1.29 is 14.3 Å². The van der Waals surface area contributed by atoms with E-state index in [1.165, 1.54) is 11.3 Å². The third-order valence-corrected chi connectivity index (χ3v) is 4.46. The summed E-state index contributed by atoms with van der Waals surface area (Å²) in [5, 5.41) is 1.80. The lowest BCUT2D eigenvalue weighted by Gasteiger charge is -2.07. The van der Waals surface area contributed by atoms with Crippen LogP contribution in [0.4, 0.5) is 0 Å². The van der Waals surface area contributed by atoms with E-state index in [9.17, 15) is 9.59 Å². The van der Waals surface area contributed by atoms with E-state index in [4.69, 9.17) is 9.47 Å². The lowest BCUT2D eigenvalue weighted by atomic mass is 10.2. The van der Waals surface area contributed by atoms with Crippen molar-refractivity contribution in [2.45, 2.75) is 26.4 Å². The van der Waals surface area contributed by atoms with Gasteiger partial charge in [0, 0.05) is 0 Å². The number of ether oxygens (including phenoxy) is 2. The maximum Gasteiger partial charge on any atom is 0.338 e. The van der Waals surface area contributed by atoms with E-state index in [0.29, 0.717) is 28.2 Å². The summed E-state index contributed by atoms with van der Waals surface area (Å²) < 4.78 is 11.3. The van der Waals surface area contributed by atoms with Crippen molar-refractivity contribution in [2.24, 2.45) is 0 Å². The van der Waals surface area contributed by atoms with Crippen LogP contribution in [-0.4, -0.2) is 22.5 Å². The van der Waals surface area contributed by atoms with Crippen molar-refractivity contribution in [1.29, 1.82) is 0 Å². The Labute approximate surface area is 148 Å². The molecule has 0 fully saturated rings. The van der Waals surface area contributed by atoms with Gasteiger partial charge in [-0.2, -0.15) is 0 Å². The molecule has 3 rings (SSSR count). The molecule has 0 saturated heterocycles. The van der Waals surface area contributed by atoms with E-state index in [0.717, 1.165) is 18.6 Å². The Morgan fingerprint density at radius 2 is 2.04 bits per heavy atom. The zero-order valence-corrected chi connectivity index (χ0v) is 14.6. The topological polar surface area (TPSA) is 81.3 Å². The Kier molecular flexibility index (Phi) is 5.45. The number of rotatable bonds is 7. The Bertz CT molecular complexity index is 915.